The minimum atomic E-state index is -0.491. The van der Waals surface area contributed by atoms with Crippen LogP contribution >= 0.6 is 0 Å². The molecule has 4 rings (SSSR count). The molecule has 1 unspecified atom stereocenters. The van der Waals surface area contributed by atoms with Crippen LogP contribution in [0.25, 0.3) is 11.0 Å². The largest absolute Gasteiger partial charge is 0.370 e. The Labute approximate surface area is 154 Å². The van der Waals surface area contributed by atoms with Crippen LogP contribution in [0.5, 0.6) is 0 Å². The number of hydrogen-bond acceptors (Lipinski definition) is 5. The normalized spacial score (nSPS) is 16.6. The maximum absolute atomic E-state index is 12.6. The lowest BCUT2D eigenvalue weighted by Crippen LogP contribution is -2.14. The van der Waals surface area contributed by atoms with Crippen LogP contribution in [0.3, 0.4) is 0 Å². The number of imidazole rings is 1. The average Bonchev–Trinajstić information content (AvgIpc) is 3.30. The number of carbonyl (C=O) groups excluding carboxylic acids is 1. The van der Waals surface area contributed by atoms with E-state index in [9.17, 15) is 14.9 Å². The Kier molecular flexibility index (Phi) is 4.33. The van der Waals surface area contributed by atoms with Crippen molar-refractivity contribution in [3.8, 4) is 0 Å². The molecule has 1 atom stereocenters. The number of ether oxygens (including phenoxy) is 1. The number of rotatable bonds is 4. The van der Waals surface area contributed by atoms with E-state index in [0.29, 0.717) is 11.3 Å². The number of nitro groups is 1. The molecule has 0 bridgehead atoms. The molecule has 2 heterocycles. The lowest BCUT2D eigenvalue weighted by Gasteiger charge is -2.08. The smallest absolute Gasteiger partial charge is 0.273 e. The molecular formula is C19H18N4O4. The molecule has 27 heavy (non-hydrogen) atoms. The van der Waals surface area contributed by atoms with Gasteiger partial charge in [0.05, 0.1) is 16.0 Å². The summed E-state index contributed by atoms with van der Waals surface area (Å²) in [6.07, 6.45) is 1.95. The van der Waals surface area contributed by atoms with Crippen LogP contribution in [-0.2, 0) is 4.74 Å². The highest BCUT2D eigenvalue weighted by molar-refractivity contribution is 6.06. The molecule has 8 nitrogen and oxygen atoms in total. The third kappa shape index (κ3) is 3.26. The van der Waals surface area contributed by atoms with E-state index < -0.39 is 10.8 Å². The number of nitrogens with one attached hydrogen (secondary N) is 2. The summed E-state index contributed by atoms with van der Waals surface area (Å²) in [7, 11) is 0. The van der Waals surface area contributed by atoms with Crippen molar-refractivity contribution >= 4 is 28.3 Å². The Bertz CT molecular complexity index is 1040. The minimum absolute atomic E-state index is 0.0111. The van der Waals surface area contributed by atoms with E-state index in [2.05, 4.69) is 15.3 Å². The first-order valence-corrected chi connectivity index (χ1v) is 8.69. The number of benzene rings is 2. The maximum atomic E-state index is 12.6. The third-order valence-corrected chi connectivity index (χ3v) is 4.74. The van der Waals surface area contributed by atoms with Crippen molar-refractivity contribution < 1.29 is 14.5 Å². The van der Waals surface area contributed by atoms with Crippen molar-refractivity contribution in [3.05, 3.63) is 63.5 Å². The molecule has 1 aliphatic rings. The van der Waals surface area contributed by atoms with Gasteiger partial charge in [-0.1, -0.05) is 6.07 Å². The van der Waals surface area contributed by atoms with E-state index in [1.807, 2.05) is 6.07 Å². The van der Waals surface area contributed by atoms with E-state index >= 15 is 0 Å². The van der Waals surface area contributed by atoms with Gasteiger partial charge in [-0.2, -0.15) is 0 Å². The predicted octanol–water partition coefficient (Wildman–Crippen LogP) is 3.88. The second-order valence-electron chi connectivity index (χ2n) is 6.52. The van der Waals surface area contributed by atoms with Crippen LogP contribution in [0, 0.1) is 17.0 Å². The second kappa shape index (κ2) is 6.81. The van der Waals surface area contributed by atoms with Crippen LogP contribution in [-0.4, -0.2) is 27.4 Å². The molecule has 2 N–H and O–H groups in total. The number of aromatic nitrogens is 2. The number of amides is 1. The summed E-state index contributed by atoms with van der Waals surface area (Å²) in [5, 5.41) is 13.9. The van der Waals surface area contributed by atoms with Gasteiger partial charge in [0.25, 0.3) is 11.6 Å². The Morgan fingerprint density at radius 2 is 2.22 bits per heavy atom. The number of anilines is 1. The molecule has 0 aliphatic carbocycles. The van der Waals surface area contributed by atoms with Crippen molar-refractivity contribution in [2.24, 2.45) is 0 Å². The highest BCUT2D eigenvalue weighted by Gasteiger charge is 2.21. The molecule has 1 saturated heterocycles. The van der Waals surface area contributed by atoms with Gasteiger partial charge < -0.3 is 15.0 Å². The zero-order valence-electron chi connectivity index (χ0n) is 14.7. The number of fused-ring (bicyclic) bond motifs is 1. The van der Waals surface area contributed by atoms with Crippen LogP contribution in [0.2, 0.25) is 0 Å². The molecule has 3 aromatic rings. The quantitative estimate of drug-likeness (QED) is 0.538. The van der Waals surface area contributed by atoms with E-state index in [4.69, 9.17) is 4.74 Å². The molecule has 0 radical (unpaired) electrons. The van der Waals surface area contributed by atoms with Crippen molar-refractivity contribution in [1.29, 1.82) is 0 Å². The first-order chi connectivity index (χ1) is 13.0. The monoisotopic (exact) mass is 366 g/mol. The fourth-order valence-electron chi connectivity index (χ4n) is 3.32. The van der Waals surface area contributed by atoms with E-state index in [-0.39, 0.29) is 17.4 Å². The molecule has 0 spiro atoms. The fraction of sp³-hybridized carbons (Fsp3) is 0.263. The Hall–Kier alpha value is -3.26. The number of aromatic amines is 1. The van der Waals surface area contributed by atoms with Crippen molar-refractivity contribution in [1.82, 2.24) is 9.97 Å². The number of hydrogen-bond donors (Lipinski definition) is 2. The summed E-state index contributed by atoms with van der Waals surface area (Å²) in [5.74, 6) is 0.398. The molecule has 1 amide bonds. The van der Waals surface area contributed by atoms with E-state index in [0.717, 1.165) is 36.3 Å². The lowest BCUT2D eigenvalue weighted by atomic mass is 10.1. The second-order valence-corrected chi connectivity index (χ2v) is 6.52. The van der Waals surface area contributed by atoms with E-state index in [1.165, 1.54) is 12.1 Å². The summed E-state index contributed by atoms with van der Waals surface area (Å²) in [5.41, 5.74) is 2.71. The molecule has 0 saturated carbocycles. The zero-order valence-corrected chi connectivity index (χ0v) is 14.7. The minimum Gasteiger partial charge on any atom is -0.370 e. The van der Waals surface area contributed by atoms with Crippen LogP contribution in [0.15, 0.2) is 36.4 Å². The first kappa shape index (κ1) is 17.2. The highest BCUT2D eigenvalue weighted by Crippen LogP contribution is 2.29. The molecule has 1 aromatic heterocycles. The van der Waals surface area contributed by atoms with Gasteiger partial charge >= 0.3 is 0 Å². The van der Waals surface area contributed by atoms with Gasteiger partial charge in [0.1, 0.15) is 11.9 Å². The van der Waals surface area contributed by atoms with Crippen LogP contribution < -0.4 is 5.32 Å². The van der Waals surface area contributed by atoms with Gasteiger partial charge in [-0.25, -0.2) is 4.98 Å². The van der Waals surface area contributed by atoms with Gasteiger partial charge in [0.2, 0.25) is 0 Å². The van der Waals surface area contributed by atoms with Gasteiger partial charge in [-0.05, 0) is 44.0 Å². The number of nitro benzene ring substituents is 1. The summed E-state index contributed by atoms with van der Waals surface area (Å²) in [6, 6.07) is 9.84. The molecule has 138 valence electrons. The van der Waals surface area contributed by atoms with Gasteiger partial charge in [-0.3, -0.25) is 14.9 Å². The summed E-state index contributed by atoms with van der Waals surface area (Å²) in [4.78, 5) is 31.0. The molecular weight excluding hydrogens is 348 g/mol. The topological polar surface area (TPSA) is 110 Å². The SMILES string of the molecule is Cc1c(C(=O)Nc2ccc3nc(C4CCCO4)[nH]c3c2)cccc1[N+](=O)[O-]. The standard InChI is InChI=1S/C19H18N4O4/c1-11-13(4-2-5-16(11)23(25)26)19(24)20-12-7-8-14-15(10-12)22-18(21-14)17-6-3-9-27-17/h2,4-5,7-8,10,17H,3,6,9H2,1H3,(H,20,24)(H,21,22). The lowest BCUT2D eigenvalue weighted by molar-refractivity contribution is -0.385. The van der Waals surface area contributed by atoms with Crippen LogP contribution in [0.4, 0.5) is 11.4 Å². The Balaban J connectivity index is 1.59. The summed E-state index contributed by atoms with van der Waals surface area (Å²) >= 11 is 0. The first-order valence-electron chi connectivity index (χ1n) is 8.69. The van der Waals surface area contributed by atoms with Crippen molar-refractivity contribution in [3.63, 3.8) is 0 Å². The van der Waals surface area contributed by atoms with Gasteiger partial charge in [0.15, 0.2) is 0 Å². The van der Waals surface area contributed by atoms with Crippen molar-refractivity contribution in [2.45, 2.75) is 25.9 Å². The maximum Gasteiger partial charge on any atom is 0.273 e. The average molecular weight is 366 g/mol. The Morgan fingerprint density at radius 3 is 2.96 bits per heavy atom. The number of carbonyl (C=O) groups is 1. The van der Waals surface area contributed by atoms with Crippen LogP contribution in [0.1, 0.15) is 40.7 Å². The van der Waals surface area contributed by atoms with Crippen molar-refractivity contribution in [2.75, 3.05) is 11.9 Å². The Morgan fingerprint density at radius 1 is 1.37 bits per heavy atom. The van der Waals surface area contributed by atoms with Gasteiger partial charge in [-0.15, -0.1) is 0 Å². The third-order valence-electron chi connectivity index (χ3n) is 4.74. The predicted molar refractivity (Wildman–Crippen MR) is 99.8 cm³/mol. The number of H-pyrrole nitrogens is 1. The molecule has 1 fully saturated rings. The van der Waals surface area contributed by atoms with E-state index in [1.54, 1.807) is 25.1 Å². The summed E-state index contributed by atoms with van der Waals surface area (Å²) < 4.78 is 5.65. The molecule has 1 aliphatic heterocycles. The highest BCUT2D eigenvalue weighted by atomic mass is 16.6. The molecule has 8 heteroatoms. The van der Waals surface area contributed by atoms with Gasteiger partial charge in [0, 0.05) is 29.5 Å². The number of nitrogens with zero attached hydrogens (tertiary/aromatic N) is 2. The fourth-order valence-corrected chi connectivity index (χ4v) is 3.32. The zero-order chi connectivity index (χ0) is 19.0. The summed E-state index contributed by atoms with van der Waals surface area (Å²) in [6.45, 7) is 2.31. The molecule has 2 aromatic carbocycles.